The Kier molecular flexibility index (Phi) is 4.81. The minimum Gasteiger partial charge on any atom is -0.365 e. The van der Waals surface area contributed by atoms with Gasteiger partial charge in [0.1, 0.15) is 0 Å². The Balaban J connectivity index is 2.47. The summed E-state index contributed by atoms with van der Waals surface area (Å²) >= 11 is 0. The topological polar surface area (TPSA) is 29.3 Å². The molecule has 21 heavy (non-hydrogen) atoms. The molecule has 2 N–H and O–H groups in total. The first kappa shape index (κ1) is 16.1. The van der Waals surface area contributed by atoms with E-state index < -0.39 is 11.7 Å². The minimum atomic E-state index is -4.33. The Morgan fingerprint density at radius 2 is 2.00 bits per heavy atom. The number of anilines is 1. The van der Waals surface area contributed by atoms with Gasteiger partial charge >= 0.3 is 6.18 Å². The lowest BCUT2D eigenvalue weighted by Crippen LogP contribution is -2.35. The Labute approximate surface area is 124 Å². The van der Waals surface area contributed by atoms with E-state index in [2.05, 4.69) is 0 Å². The highest BCUT2D eigenvalue weighted by Crippen LogP contribution is 2.41. The number of alkyl halides is 3. The summed E-state index contributed by atoms with van der Waals surface area (Å²) in [4.78, 5) is 1.95. The van der Waals surface area contributed by atoms with Crippen LogP contribution in [0.4, 0.5) is 18.9 Å². The molecule has 1 fully saturated rings. The van der Waals surface area contributed by atoms with Crippen molar-refractivity contribution in [2.24, 2.45) is 5.73 Å². The maximum Gasteiger partial charge on any atom is 0.418 e. The molecule has 5 heteroatoms. The third-order valence-corrected chi connectivity index (χ3v) is 4.33. The molecule has 0 radical (unpaired) electrons. The minimum absolute atomic E-state index is 0.149. The van der Waals surface area contributed by atoms with Crippen LogP contribution in [0.1, 0.15) is 44.2 Å². The van der Waals surface area contributed by atoms with E-state index in [9.17, 15) is 13.2 Å². The number of hydrogen-bond acceptors (Lipinski definition) is 2. The van der Waals surface area contributed by atoms with Gasteiger partial charge in [0, 0.05) is 17.8 Å². The van der Waals surface area contributed by atoms with Gasteiger partial charge in [-0.2, -0.15) is 13.2 Å². The van der Waals surface area contributed by atoms with Gasteiger partial charge in [-0.15, -0.1) is 0 Å². The normalized spacial score (nSPS) is 22.9. The Morgan fingerprint density at radius 1 is 1.29 bits per heavy atom. The van der Waals surface area contributed by atoms with Gasteiger partial charge in [-0.1, -0.05) is 13.0 Å². The molecule has 0 aromatic heterocycles. The van der Waals surface area contributed by atoms with Crippen LogP contribution in [0.2, 0.25) is 0 Å². The summed E-state index contributed by atoms with van der Waals surface area (Å²) in [5, 5.41) is 0. The molecular formula is C16H23F3N2. The van der Waals surface area contributed by atoms with Crippen LogP contribution >= 0.6 is 0 Å². The number of nitrogens with zero attached hydrogens (tertiary/aromatic N) is 1. The van der Waals surface area contributed by atoms with Gasteiger partial charge < -0.3 is 10.6 Å². The van der Waals surface area contributed by atoms with Gasteiger partial charge in [-0.05, 0) is 56.8 Å². The van der Waals surface area contributed by atoms with Crippen molar-refractivity contribution in [3.05, 3.63) is 29.3 Å². The monoisotopic (exact) mass is 300 g/mol. The molecular weight excluding hydrogens is 277 g/mol. The van der Waals surface area contributed by atoms with Crippen molar-refractivity contribution in [1.29, 1.82) is 0 Å². The van der Waals surface area contributed by atoms with Crippen molar-refractivity contribution in [3.63, 3.8) is 0 Å². The summed E-state index contributed by atoms with van der Waals surface area (Å²) in [5.74, 6) is 0. The largest absolute Gasteiger partial charge is 0.418 e. The molecule has 0 amide bonds. The first-order chi connectivity index (χ1) is 9.88. The summed E-state index contributed by atoms with van der Waals surface area (Å²) in [6.45, 7) is 4.39. The van der Waals surface area contributed by atoms with E-state index in [0.717, 1.165) is 19.3 Å². The van der Waals surface area contributed by atoms with Crippen molar-refractivity contribution in [1.82, 2.24) is 0 Å². The highest BCUT2D eigenvalue weighted by atomic mass is 19.4. The lowest BCUT2D eigenvalue weighted by molar-refractivity contribution is -0.137. The Hall–Kier alpha value is -1.23. The van der Waals surface area contributed by atoms with E-state index in [4.69, 9.17) is 5.73 Å². The quantitative estimate of drug-likeness (QED) is 0.911. The second-order valence-corrected chi connectivity index (χ2v) is 5.78. The molecule has 1 aliphatic rings. The molecule has 2 rings (SSSR count). The Bertz CT molecular complexity index is 485. The number of benzene rings is 1. The molecule has 1 aromatic rings. The third-order valence-electron chi connectivity index (χ3n) is 4.33. The summed E-state index contributed by atoms with van der Waals surface area (Å²) in [6, 6.07) is 5.01. The van der Waals surface area contributed by atoms with E-state index >= 15 is 0 Å². The fourth-order valence-corrected chi connectivity index (χ4v) is 3.26. The molecule has 0 saturated carbocycles. The van der Waals surface area contributed by atoms with Gasteiger partial charge in [-0.3, -0.25) is 0 Å². The second kappa shape index (κ2) is 6.26. The van der Waals surface area contributed by atoms with Crippen LogP contribution in [0.25, 0.3) is 0 Å². The van der Waals surface area contributed by atoms with Crippen LogP contribution in [0.5, 0.6) is 0 Å². The van der Waals surface area contributed by atoms with Gasteiger partial charge in [0.05, 0.1) is 5.56 Å². The zero-order chi connectivity index (χ0) is 15.6. The summed E-state index contributed by atoms with van der Waals surface area (Å²) in [7, 11) is 0. The highest BCUT2D eigenvalue weighted by Gasteiger charge is 2.39. The van der Waals surface area contributed by atoms with Gasteiger partial charge in [0.15, 0.2) is 0 Å². The molecule has 2 unspecified atom stereocenters. The molecule has 2 atom stereocenters. The SMILES string of the molecule is CCC1CCC(C)N1c1ccc(CCN)cc1C(F)(F)F. The molecule has 0 bridgehead atoms. The average Bonchev–Trinajstić information content (AvgIpc) is 2.79. The van der Waals surface area contributed by atoms with Gasteiger partial charge in [0.2, 0.25) is 0 Å². The fraction of sp³-hybridized carbons (Fsp3) is 0.625. The van der Waals surface area contributed by atoms with Gasteiger partial charge in [-0.25, -0.2) is 0 Å². The number of rotatable bonds is 4. The van der Waals surface area contributed by atoms with Crippen LogP contribution in [0.3, 0.4) is 0 Å². The third kappa shape index (κ3) is 3.34. The van der Waals surface area contributed by atoms with E-state index in [-0.39, 0.29) is 12.1 Å². The van der Waals surface area contributed by atoms with Crippen LogP contribution < -0.4 is 10.6 Å². The van der Waals surface area contributed by atoms with E-state index in [1.165, 1.54) is 6.07 Å². The van der Waals surface area contributed by atoms with E-state index in [1.807, 2.05) is 18.7 Å². The molecule has 0 spiro atoms. The van der Waals surface area contributed by atoms with Crippen molar-refractivity contribution in [2.45, 2.75) is 57.8 Å². The number of hydrogen-bond donors (Lipinski definition) is 1. The second-order valence-electron chi connectivity index (χ2n) is 5.78. The summed E-state index contributed by atoms with van der Waals surface area (Å²) in [6.07, 6.45) is -1.09. The highest BCUT2D eigenvalue weighted by molar-refractivity contribution is 5.58. The first-order valence-electron chi connectivity index (χ1n) is 7.57. The predicted molar refractivity (Wildman–Crippen MR) is 79.5 cm³/mol. The maximum atomic E-state index is 13.4. The summed E-state index contributed by atoms with van der Waals surface area (Å²) < 4.78 is 40.3. The molecule has 0 aliphatic carbocycles. The predicted octanol–water partition coefficient (Wildman–Crippen LogP) is 3.97. The average molecular weight is 300 g/mol. The van der Waals surface area contributed by atoms with Crippen molar-refractivity contribution in [2.75, 3.05) is 11.4 Å². The zero-order valence-corrected chi connectivity index (χ0v) is 12.6. The van der Waals surface area contributed by atoms with Crippen LogP contribution in [-0.2, 0) is 12.6 Å². The lowest BCUT2D eigenvalue weighted by Gasteiger charge is -2.33. The molecule has 1 aromatic carbocycles. The molecule has 1 heterocycles. The van der Waals surface area contributed by atoms with Crippen LogP contribution in [0.15, 0.2) is 18.2 Å². The van der Waals surface area contributed by atoms with Crippen LogP contribution in [0, 0.1) is 0 Å². The first-order valence-corrected chi connectivity index (χ1v) is 7.57. The molecule has 118 valence electrons. The van der Waals surface area contributed by atoms with Crippen LogP contribution in [-0.4, -0.2) is 18.6 Å². The zero-order valence-electron chi connectivity index (χ0n) is 12.6. The molecule has 2 nitrogen and oxygen atoms in total. The fourth-order valence-electron chi connectivity index (χ4n) is 3.26. The lowest BCUT2D eigenvalue weighted by atomic mass is 10.0. The number of nitrogens with two attached hydrogens (primary N) is 1. The van der Waals surface area contributed by atoms with Gasteiger partial charge in [0.25, 0.3) is 0 Å². The van der Waals surface area contributed by atoms with E-state index in [1.54, 1.807) is 12.1 Å². The Morgan fingerprint density at radius 3 is 2.57 bits per heavy atom. The van der Waals surface area contributed by atoms with Crippen molar-refractivity contribution < 1.29 is 13.2 Å². The van der Waals surface area contributed by atoms with Crippen molar-refractivity contribution >= 4 is 5.69 Å². The molecule has 1 saturated heterocycles. The van der Waals surface area contributed by atoms with Crippen molar-refractivity contribution in [3.8, 4) is 0 Å². The maximum absolute atomic E-state index is 13.4. The smallest absolute Gasteiger partial charge is 0.365 e. The summed E-state index contributed by atoms with van der Waals surface area (Å²) in [5.41, 5.74) is 5.89. The number of halogens is 3. The standard InChI is InChI=1S/C16H23F3N2/c1-3-13-6-4-11(2)21(13)15-7-5-12(8-9-20)10-14(15)16(17,18)19/h5,7,10-11,13H,3-4,6,8-9,20H2,1-2H3. The molecule has 1 aliphatic heterocycles. The van der Waals surface area contributed by atoms with E-state index in [0.29, 0.717) is 24.2 Å².